The highest BCUT2D eigenvalue weighted by molar-refractivity contribution is 8.00. The van der Waals surface area contributed by atoms with E-state index in [0.717, 1.165) is 73.8 Å². The van der Waals surface area contributed by atoms with E-state index in [1.807, 2.05) is 24.4 Å². The summed E-state index contributed by atoms with van der Waals surface area (Å²) in [7, 11) is -3.98. The van der Waals surface area contributed by atoms with E-state index in [2.05, 4.69) is 22.2 Å². The smallest absolute Gasteiger partial charge is 0.264 e. The van der Waals surface area contributed by atoms with Crippen LogP contribution in [0.15, 0.2) is 46.6 Å². The summed E-state index contributed by atoms with van der Waals surface area (Å²) < 4.78 is 31.4. The van der Waals surface area contributed by atoms with Crippen LogP contribution in [0.2, 0.25) is 0 Å². The lowest BCUT2D eigenvalue weighted by Gasteiger charge is -2.25. The van der Waals surface area contributed by atoms with Gasteiger partial charge >= 0.3 is 0 Å². The maximum Gasteiger partial charge on any atom is 0.264 e. The first-order chi connectivity index (χ1) is 15.9. The zero-order valence-corrected chi connectivity index (χ0v) is 19.7. The number of fused-ring (bicyclic) bond motifs is 7. The normalized spacial score (nSPS) is 13.0. The summed E-state index contributed by atoms with van der Waals surface area (Å²) in [4.78, 5) is 20.8. The molecule has 1 aliphatic rings. The first-order valence-corrected chi connectivity index (χ1v) is 13.3. The van der Waals surface area contributed by atoms with Gasteiger partial charge in [-0.3, -0.25) is 19.5 Å². The van der Waals surface area contributed by atoms with E-state index in [1.165, 1.54) is 0 Å². The van der Waals surface area contributed by atoms with Gasteiger partial charge in [0.1, 0.15) is 22.1 Å². The molecule has 4 aromatic rings. The van der Waals surface area contributed by atoms with Crippen LogP contribution in [0.1, 0.15) is 37.4 Å². The lowest BCUT2D eigenvalue weighted by atomic mass is 10.1. The van der Waals surface area contributed by atoms with Crippen molar-refractivity contribution in [1.29, 1.82) is 0 Å². The molecule has 5 rings (SSSR count). The molecule has 1 aliphatic heterocycles. The molecule has 0 spiro atoms. The highest BCUT2D eigenvalue weighted by Gasteiger charge is 2.26. The van der Waals surface area contributed by atoms with Gasteiger partial charge in [0.05, 0.1) is 27.7 Å². The van der Waals surface area contributed by atoms with Gasteiger partial charge < -0.3 is 5.32 Å². The molecule has 10 heteroatoms. The van der Waals surface area contributed by atoms with Crippen molar-refractivity contribution in [3.05, 3.63) is 48.0 Å². The van der Waals surface area contributed by atoms with Crippen molar-refractivity contribution in [3.63, 3.8) is 0 Å². The lowest BCUT2D eigenvalue weighted by Crippen LogP contribution is -2.08. The summed E-state index contributed by atoms with van der Waals surface area (Å²) in [6.45, 7) is 2.15. The molecule has 0 atom stereocenters. The van der Waals surface area contributed by atoms with Crippen LogP contribution in [0.25, 0.3) is 22.1 Å². The van der Waals surface area contributed by atoms with Crippen LogP contribution in [-0.4, -0.2) is 38.7 Å². The summed E-state index contributed by atoms with van der Waals surface area (Å²) in [6.07, 6.45) is 9.08. The molecule has 2 aromatic heterocycles. The van der Waals surface area contributed by atoms with Crippen molar-refractivity contribution >= 4 is 55.3 Å². The first-order valence-electron chi connectivity index (χ1n) is 10.9. The van der Waals surface area contributed by atoms with E-state index >= 15 is 0 Å². The van der Waals surface area contributed by atoms with Gasteiger partial charge in [-0.05, 0) is 37.3 Å². The highest BCUT2D eigenvalue weighted by Crippen LogP contribution is 2.50. The molecule has 0 aliphatic carbocycles. The highest BCUT2D eigenvalue weighted by atomic mass is 32.2. The number of nitrogens with one attached hydrogen (secondary N) is 1. The number of hydrogen-bond acceptors (Lipinski definition) is 8. The molecule has 2 N–H and O–H groups in total. The van der Waals surface area contributed by atoms with Crippen LogP contribution >= 0.6 is 11.8 Å². The van der Waals surface area contributed by atoms with Crippen molar-refractivity contribution in [2.24, 2.45) is 0 Å². The standard InChI is InChI=1S/C23H23N5O3S2/c1-2-3-8-15-13-26-18-19(27-15)17-20(25-11-10-24-17)23-21(18)28-16-9-4-6-14(22(16)32-23)7-5-12-33(29,30)31/h4,6,9-11,13,28H,2-3,5,7-8,12H2,1H3,(H,29,30,31). The Hall–Kier alpha value is -2.82. The van der Waals surface area contributed by atoms with Gasteiger partial charge in [0, 0.05) is 23.5 Å². The first kappa shape index (κ1) is 22.0. The zero-order valence-electron chi connectivity index (χ0n) is 18.1. The second-order valence-corrected chi connectivity index (χ2v) is 10.6. The summed E-state index contributed by atoms with van der Waals surface area (Å²) in [5.74, 6) is -0.264. The Labute approximate surface area is 196 Å². The molecular formula is C23H23N5O3S2. The Bertz CT molecular complexity index is 1470. The molecule has 33 heavy (non-hydrogen) atoms. The van der Waals surface area contributed by atoms with Gasteiger partial charge in [0.15, 0.2) is 0 Å². The number of rotatable bonds is 7. The van der Waals surface area contributed by atoms with Crippen LogP contribution < -0.4 is 5.32 Å². The molecule has 8 nitrogen and oxygen atoms in total. The Morgan fingerprint density at radius 1 is 0.970 bits per heavy atom. The average Bonchev–Trinajstić information content (AvgIpc) is 2.81. The van der Waals surface area contributed by atoms with E-state index in [4.69, 9.17) is 14.5 Å². The molecule has 0 fully saturated rings. The molecule has 0 bridgehead atoms. The number of unbranched alkanes of at least 4 members (excludes halogenated alkanes) is 1. The fourth-order valence-corrected chi connectivity index (χ4v) is 5.79. The van der Waals surface area contributed by atoms with E-state index in [1.54, 1.807) is 24.2 Å². The number of benzene rings is 2. The van der Waals surface area contributed by atoms with Gasteiger partial charge in [0.2, 0.25) is 0 Å². The van der Waals surface area contributed by atoms with Crippen molar-refractivity contribution in [2.75, 3.05) is 11.1 Å². The maximum atomic E-state index is 11.1. The lowest BCUT2D eigenvalue weighted by molar-refractivity contribution is 0.481. The molecule has 0 amide bonds. The number of aryl methyl sites for hydroxylation is 2. The molecule has 170 valence electrons. The zero-order chi connectivity index (χ0) is 23.0. The molecule has 0 unspecified atom stereocenters. The van der Waals surface area contributed by atoms with Crippen LogP contribution in [0.3, 0.4) is 0 Å². The topological polar surface area (TPSA) is 118 Å². The summed E-state index contributed by atoms with van der Waals surface area (Å²) in [5, 5.41) is 3.53. The van der Waals surface area contributed by atoms with Gasteiger partial charge in [-0.25, -0.2) is 4.98 Å². The number of anilines is 2. The Morgan fingerprint density at radius 2 is 1.79 bits per heavy atom. The molecular weight excluding hydrogens is 458 g/mol. The predicted molar refractivity (Wildman–Crippen MR) is 130 cm³/mol. The van der Waals surface area contributed by atoms with Gasteiger partial charge in [-0.1, -0.05) is 37.2 Å². The molecule has 0 saturated heterocycles. The van der Waals surface area contributed by atoms with Crippen molar-refractivity contribution in [1.82, 2.24) is 19.9 Å². The Morgan fingerprint density at radius 3 is 2.58 bits per heavy atom. The second-order valence-electron chi connectivity index (χ2n) is 8.03. The molecule has 2 aromatic carbocycles. The monoisotopic (exact) mass is 481 g/mol. The third-order valence-electron chi connectivity index (χ3n) is 5.62. The minimum Gasteiger partial charge on any atom is -0.352 e. The van der Waals surface area contributed by atoms with Crippen LogP contribution in [0.5, 0.6) is 0 Å². The van der Waals surface area contributed by atoms with Crippen molar-refractivity contribution < 1.29 is 13.0 Å². The SMILES string of the molecule is CCCCc1cnc2c3c(c4nccnc4c2n1)Sc1c(CCCS(=O)(=O)O)cccc1N3. The summed E-state index contributed by atoms with van der Waals surface area (Å²) >= 11 is 1.58. The third-order valence-corrected chi connectivity index (χ3v) is 7.71. The summed E-state index contributed by atoms with van der Waals surface area (Å²) in [5.41, 5.74) is 6.73. The van der Waals surface area contributed by atoms with Crippen molar-refractivity contribution in [2.45, 2.75) is 48.8 Å². The minimum absolute atomic E-state index is 0.264. The largest absolute Gasteiger partial charge is 0.352 e. The molecule has 3 heterocycles. The van der Waals surface area contributed by atoms with E-state index < -0.39 is 10.1 Å². The Balaban J connectivity index is 1.61. The quantitative estimate of drug-likeness (QED) is 0.246. The Kier molecular flexibility index (Phi) is 5.90. The minimum atomic E-state index is -3.98. The van der Waals surface area contributed by atoms with Crippen LogP contribution in [-0.2, 0) is 23.0 Å². The predicted octanol–water partition coefficient (Wildman–Crippen LogP) is 4.94. The van der Waals surface area contributed by atoms with E-state index in [9.17, 15) is 8.42 Å². The fourth-order valence-electron chi connectivity index (χ4n) is 4.05. The van der Waals surface area contributed by atoms with E-state index in [0.29, 0.717) is 12.8 Å². The maximum absolute atomic E-state index is 11.1. The van der Waals surface area contributed by atoms with Gasteiger partial charge in [-0.2, -0.15) is 8.42 Å². The molecule has 0 saturated carbocycles. The number of hydrogen-bond donors (Lipinski definition) is 2. The number of aromatic nitrogens is 4. The van der Waals surface area contributed by atoms with Gasteiger partial charge in [0.25, 0.3) is 10.1 Å². The second kappa shape index (κ2) is 8.85. The van der Waals surface area contributed by atoms with Crippen LogP contribution in [0, 0.1) is 0 Å². The summed E-state index contributed by atoms with van der Waals surface area (Å²) in [6, 6.07) is 5.92. The third kappa shape index (κ3) is 4.38. The molecule has 0 radical (unpaired) electrons. The van der Waals surface area contributed by atoms with E-state index in [-0.39, 0.29) is 5.75 Å². The fraction of sp³-hybridized carbons (Fsp3) is 0.304. The average molecular weight is 482 g/mol. The van der Waals surface area contributed by atoms with Crippen LogP contribution in [0.4, 0.5) is 11.4 Å². The van der Waals surface area contributed by atoms with Gasteiger partial charge in [-0.15, -0.1) is 0 Å². The van der Waals surface area contributed by atoms with Crippen molar-refractivity contribution in [3.8, 4) is 0 Å². The number of nitrogens with zero attached hydrogens (tertiary/aromatic N) is 4.